The second kappa shape index (κ2) is 7.85. The molecule has 0 aromatic heterocycles. The van der Waals surface area contributed by atoms with Crippen molar-refractivity contribution in [2.24, 2.45) is 5.73 Å². The molecule has 1 aromatic carbocycles. The van der Waals surface area contributed by atoms with Crippen LogP contribution in [0.4, 0.5) is 0 Å². The summed E-state index contributed by atoms with van der Waals surface area (Å²) in [6.07, 6.45) is 4.31. The fourth-order valence-electron chi connectivity index (χ4n) is 2.37. The molecule has 1 saturated heterocycles. The van der Waals surface area contributed by atoms with Crippen LogP contribution in [0.3, 0.4) is 0 Å². The van der Waals surface area contributed by atoms with Gasteiger partial charge in [0.25, 0.3) is 0 Å². The van der Waals surface area contributed by atoms with Gasteiger partial charge in [-0.3, -0.25) is 0 Å². The summed E-state index contributed by atoms with van der Waals surface area (Å²) < 4.78 is 5.55. The van der Waals surface area contributed by atoms with Crippen LogP contribution in [0.2, 0.25) is 5.02 Å². The Morgan fingerprint density at radius 1 is 1.39 bits per heavy atom. The zero-order chi connectivity index (χ0) is 16.8. The van der Waals surface area contributed by atoms with Crippen LogP contribution in [0.15, 0.2) is 60.5 Å². The maximum absolute atomic E-state index is 11.0. The fourth-order valence-corrected chi connectivity index (χ4v) is 2.50. The normalized spacial score (nSPS) is 19.5. The Labute approximate surface area is 140 Å². The highest BCUT2D eigenvalue weighted by Crippen LogP contribution is 2.27. The van der Waals surface area contributed by atoms with E-state index in [4.69, 9.17) is 27.2 Å². The third kappa shape index (κ3) is 4.37. The molecule has 1 fully saturated rings. The number of hydrogen-bond acceptors (Lipinski definition) is 4. The number of carbonyl (C=O) groups is 1. The van der Waals surface area contributed by atoms with Gasteiger partial charge in [-0.1, -0.05) is 36.4 Å². The van der Waals surface area contributed by atoms with E-state index in [0.29, 0.717) is 30.6 Å². The number of rotatable bonds is 5. The Morgan fingerprint density at radius 2 is 2.09 bits per heavy atom. The van der Waals surface area contributed by atoms with Gasteiger partial charge in [-0.05, 0) is 29.8 Å². The van der Waals surface area contributed by atoms with E-state index in [1.165, 1.54) is 12.2 Å². The quantitative estimate of drug-likeness (QED) is 0.639. The predicted molar refractivity (Wildman–Crippen MR) is 89.9 cm³/mol. The molecule has 3 N–H and O–H groups in total. The van der Waals surface area contributed by atoms with Crippen LogP contribution in [0.5, 0.6) is 0 Å². The molecular formula is C17H19ClN2O3. The summed E-state index contributed by atoms with van der Waals surface area (Å²) in [4.78, 5) is 13.0. The van der Waals surface area contributed by atoms with Crippen molar-refractivity contribution >= 4 is 17.6 Å². The monoisotopic (exact) mass is 334 g/mol. The first kappa shape index (κ1) is 17.1. The van der Waals surface area contributed by atoms with Crippen LogP contribution in [0.1, 0.15) is 11.6 Å². The molecule has 1 heterocycles. The fraction of sp³-hybridized carbons (Fsp3) is 0.235. The number of nitrogens with zero attached hydrogens (tertiary/aromatic N) is 1. The minimum atomic E-state index is -1.04. The number of carboxylic acids is 1. The van der Waals surface area contributed by atoms with Gasteiger partial charge in [-0.2, -0.15) is 0 Å². The summed E-state index contributed by atoms with van der Waals surface area (Å²) in [6.45, 7) is 5.18. The van der Waals surface area contributed by atoms with Crippen molar-refractivity contribution < 1.29 is 14.6 Å². The molecule has 1 aromatic rings. The standard InChI is InChI=1S/C17H19ClN2O3/c1-2-12(17(21)22)5-8-16(19)20-9-10-23-11-15(20)13-3-6-14(18)7-4-13/h2-8,15H,1,9-11,19H2,(H,21,22)/b12-5+,16-8+/t15-/m1/s1. The number of nitrogens with two attached hydrogens (primary N) is 1. The maximum Gasteiger partial charge on any atom is 0.335 e. The van der Waals surface area contributed by atoms with E-state index in [1.54, 1.807) is 6.08 Å². The van der Waals surface area contributed by atoms with Crippen molar-refractivity contribution in [1.29, 1.82) is 0 Å². The first-order chi connectivity index (χ1) is 11.0. The third-order valence-corrected chi connectivity index (χ3v) is 3.87. The molecule has 0 radical (unpaired) electrons. The second-order valence-electron chi connectivity index (χ2n) is 5.06. The number of aliphatic carboxylic acids is 1. The van der Waals surface area contributed by atoms with Crippen LogP contribution in [-0.4, -0.2) is 35.7 Å². The Balaban J connectivity index is 2.25. The van der Waals surface area contributed by atoms with Crippen molar-refractivity contribution in [2.45, 2.75) is 6.04 Å². The van der Waals surface area contributed by atoms with Crippen LogP contribution < -0.4 is 5.73 Å². The number of ether oxygens (including phenoxy) is 1. The summed E-state index contributed by atoms with van der Waals surface area (Å²) in [7, 11) is 0. The summed E-state index contributed by atoms with van der Waals surface area (Å²) in [6, 6.07) is 7.48. The van der Waals surface area contributed by atoms with E-state index in [0.717, 1.165) is 5.56 Å². The highest BCUT2D eigenvalue weighted by Gasteiger charge is 2.25. The lowest BCUT2D eigenvalue weighted by molar-refractivity contribution is -0.132. The number of carboxylic acid groups (broad SMARTS) is 1. The van der Waals surface area contributed by atoms with E-state index in [9.17, 15) is 4.79 Å². The van der Waals surface area contributed by atoms with Crippen molar-refractivity contribution in [1.82, 2.24) is 4.90 Å². The minimum Gasteiger partial charge on any atom is -0.478 e. The lowest BCUT2D eigenvalue weighted by Crippen LogP contribution is -2.41. The van der Waals surface area contributed by atoms with Crippen molar-refractivity contribution in [2.75, 3.05) is 19.8 Å². The van der Waals surface area contributed by atoms with Gasteiger partial charge in [-0.15, -0.1) is 0 Å². The van der Waals surface area contributed by atoms with E-state index in [-0.39, 0.29) is 11.6 Å². The van der Waals surface area contributed by atoms with Gasteiger partial charge in [-0.25, -0.2) is 4.79 Å². The number of hydrogen-bond donors (Lipinski definition) is 2. The van der Waals surface area contributed by atoms with E-state index in [2.05, 4.69) is 6.58 Å². The largest absolute Gasteiger partial charge is 0.478 e. The van der Waals surface area contributed by atoms with Gasteiger partial charge in [0.1, 0.15) is 0 Å². The second-order valence-corrected chi connectivity index (χ2v) is 5.49. The molecular weight excluding hydrogens is 316 g/mol. The van der Waals surface area contributed by atoms with Gasteiger partial charge in [0.15, 0.2) is 0 Å². The summed E-state index contributed by atoms with van der Waals surface area (Å²) in [5.41, 5.74) is 7.27. The van der Waals surface area contributed by atoms with E-state index in [1.807, 2.05) is 29.2 Å². The molecule has 1 aliphatic rings. The summed E-state index contributed by atoms with van der Waals surface area (Å²) >= 11 is 5.93. The Hall–Kier alpha value is -2.24. The molecule has 0 bridgehead atoms. The summed E-state index contributed by atoms with van der Waals surface area (Å²) in [5, 5.41) is 9.66. The van der Waals surface area contributed by atoms with Gasteiger partial charge in [0, 0.05) is 11.6 Å². The molecule has 122 valence electrons. The van der Waals surface area contributed by atoms with Crippen molar-refractivity contribution in [3.8, 4) is 0 Å². The molecule has 0 saturated carbocycles. The smallest absolute Gasteiger partial charge is 0.335 e. The number of benzene rings is 1. The molecule has 2 rings (SSSR count). The molecule has 6 heteroatoms. The molecule has 0 amide bonds. The zero-order valence-corrected chi connectivity index (χ0v) is 13.4. The first-order valence-corrected chi connectivity index (χ1v) is 7.53. The molecule has 0 spiro atoms. The Bertz CT molecular complexity index is 638. The minimum absolute atomic E-state index is 0.0392. The summed E-state index contributed by atoms with van der Waals surface area (Å²) in [5.74, 6) is -0.561. The van der Waals surface area contributed by atoms with E-state index >= 15 is 0 Å². The van der Waals surface area contributed by atoms with Crippen LogP contribution in [-0.2, 0) is 9.53 Å². The van der Waals surface area contributed by atoms with Gasteiger partial charge < -0.3 is 20.5 Å². The molecule has 23 heavy (non-hydrogen) atoms. The third-order valence-electron chi connectivity index (χ3n) is 3.62. The number of halogens is 1. The lowest BCUT2D eigenvalue weighted by Gasteiger charge is -2.37. The maximum atomic E-state index is 11.0. The molecule has 1 aliphatic heterocycles. The van der Waals surface area contributed by atoms with E-state index < -0.39 is 5.97 Å². The van der Waals surface area contributed by atoms with Crippen LogP contribution in [0, 0.1) is 0 Å². The molecule has 0 unspecified atom stereocenters. The molecule has 1 atom stereocenters. The highest BCUT2D eigenvalue weighted by molar-refractivity contribution is 6.30. The number of morpholine rings is 1. The van der Waals surface area contributed by atoms with Crippen molar-refractivity contribution in [3.63, 3.8) is 0 Å². The van der Waals surface area contributed by atoms with Gasteiger partial charge >= 0.3 is 5.97 Å². The van der Waals surface area contributed by atoms with Gasteiger partial charge in [0.2, 0.25) is 0 Å². The predicted octanol–water partition coefficient (Wildman–Crippen LogP) is 2.71. The lowest BCUT2D eigenvalue weighted by atomic mass is 10.0. The first-order valence-electron chi connectivity index (χ1n) is 7.16. The molecule has 0 aliphatic carbocycles. The SMILES string of the molecule is C=C/C(=C\C=C(/N)N1CCOC[C@@H]1c1ccc(Cl)cc1)C(=O)O. The topological polar surface area (TPSA) is 75.8 Å². The average molecular weight is 335 g/mol. The van der Waals surface area contributed by atoms with Crippen LogP contribution in [0.25, 0.3) is 0 Å². The van der Waals surface area contributed by atoms with Crippen LogP contribution >= 0.6 is 11.6 Å². The Morgan fingerprint density at radius 3 is 2.70 bits per heavy atom. The molecule has 5 nitrogen and oxygen atoms in total. The Kier molecular flexibility index (Phi) is 5.84. The number of allylic oxidation sites excluding steroid dienone is 2. The highest BCUT2D eigenvalue weighted by atomic mass is 35.5. The van der Waals surface area contributed by atoms with Gasteiger partial charge in [0.05, 0.1) is 30.6 Å². The van der Waals surface area contributed by atoms with Crippen molar-refractivity contribution in [3.05, 3.63) is 71.1 Å². The zero-order valence-electron chi connectivity index (χ0n) is 12.6. The average Bonchev–Trinajstić information content (AvgIpc) is 2.55.